The Morgan fingerprint density at radius 3 is 2.29 bits per heavy atom. The number of hydrogen-bond acceptors (Lipinski definition) is 6. The minimum atomic E-state index is -4.17. The van der Waals surface area contributed by atoms with Crippen molar-refractivity contribution in [3.63, 3.8) is 0 Å². The summed E-state index contributed by atoms with van der Waals surface area (Å²) in [5, 5.41) is 12.2. The Balaban J connectivity index is 0.000000247. The monoisotopic (exact) mass is 510 g/mol. The quantitative estimate of drug-likeness (QED) is 0.371. The van der Waals surface area contributed by atoms with Crippen LogP contribution < -0.4 is 14.8 Å². The maximum absolute atomic E-state index is 11.9. The third-order valence-electron chi connectivity index (χ3n) is 5.07. The Morgan fingerprint density at radius 1 is 1.03 bits per heavy atom. The zero-order valence-electron chi connectivity index (χ0n) is 20.2. The number of thiazole rings is 1. The van der Waals surface area contributed by atoms with Crippen LogP contribution in [0.15, 0.2) is 36.4 Å². The number of rotatable bonds is 8. The van der Waals surface area contributed by atoms with Gasteiger partial charge in [-0.1, -0.05) is 24.3 Å². The number of carbonyl (C=O) groups is 1. The first-order valence-corrected chi connectivity index (χ1v) is 11.5. The molecule has 0 aliphatic heterocycles. The molecule has 0 spiro atoms. The van der Waals surface area contributed by atoms with Crippen molar-refractivity contribution in [3.8, 4) is 21.9 Å². The first-order valence-electron chi connectivity index (χ1n) is 10.7. The molecule has 3 aromatic rings. The van der Waals surface area contributed by atoms with Crippen LogP contribution in [0.1, 0.15) is 32.2 Å². The molecule has 35 heavy (non-hydrogen) atoms. The fourth-order valence-corrected chi connectivity index (χ4v) is 4.06. The number of nitrogens with zero attached hydrogens (tertiary/aromatic N) is 1. The van der Waals surface area contributed by atoms with Crippen LogP contribution >= 0.6 is 11.3 Å². The number of ether oxygens (including phenoxy) is 2. The number of benzene rings is 2. The van der Waals surface area contributed by atoms with Crippen LogP contribution in [-0.4, -0.2) is 49.5 Å². The molecule has 0 amide bonds. The molecule has 3 rings (SSSR count). The van der Waals surface area contributed by atoms with Gasteiger partial charge in [0.1, 0.15) is 0 Å². The molecule has 0 radical (unpaired) electrons. The summed E-state index contributed by atoms with van der Waals surface area (Å²) in [4.78, 5) is 15.9. The number of halogens is 3. The zero-order valence-corrected chi connectivity index (χ0v) is 21.1. The standard InChI is InChI=1S/C13H13NO2S.C12H16F3NO2/c1-7-4-5-10(6-8(7)2)12-11(13(15)16)14-9(3)17-12;1-17-10-4-3-9(7-11(10)18-2)5-6-16-8-12(13,14)15/h4-6H,1-3H3,(H,15,16);3-4,7,16H,5-6,8H2,1-2H3. The predicted molar refractivity (Wildman–Crippen MR) is 131 cm³/mol. The molecular weight excluding hydrogens is 481 g/mol. The van der Waals surface area contributed by atoms with Gasteiger partial charge in [-0.3, -0.25) is 0 Å². The van der Waals surface area contributed by atoms with E-state index in [0.29, 0.717) is 17.9 Å². The van der Waals surface area contributed by atoms with Crippen LogP contribution in [-0.2, 0) is 6.42 Å². The predicted octanol–water partition coefficient (Wildman–Crippen LogP) is 5.83. The van der Waals surface area contributed by atoms with Crippen molar-refractivity contribution in [2.75, 3.05) is 27.3 Å². The summed E-state index contributed by atoms with van der Waals surface area (Å²) < 4.78 is 45.9. The number of hydrogen-bond donors (Lipinski definition) is 2. The Bertz CT molecular complexity index is 1150. The maximum atomic E-state index is 11.9. The lowest BCUT2D eigenvalue weighted by atomic mass is 10.0. The number of nitrogens with one attached hydrogen (secondary N) is 1. The first-order chi connectivity index (χ1) is 16.4. The minimum Gasteiger partial charge on any atom is -0.493 e. The highest BCUT2D eigenvalue weighted by Gasteiger charge is 2.25. The van der Waals surface area contributed by atoms with Gasteiger partial charge in [-0.2, -0.15) is 13.2 Å². The molecule has 10 heteroatoms. The lowest BCUT2D eigenvalue weighted by molar-refractivity contribution is -0.124. The molecule has 0 atom stereocenters. The maximum Gasteiger partial charge on any atom is 0.401 e. The van der Waals surface area contributed by atoms with Crippen LogP contribution in [0.5, 0.6) is 11.5 Å². The number of aromatic nitrogens is 1. The van der Waals surface area contributed by atoms with E-state index in [1.54, 1.807) is 18.2 Å². The molecule has 0 bridgehead atoms. The zero-order chi connectivity index (χ0) is 26.2. The fraction of sp³-hybridized carbons (Fsp3) is 0.360. The molecular formula is C25H29F3N2O4S. The van der Waals surface area contributed by atoms with E-state index in [-0.39, 0.29) is 12.2 Å². The second-order valence-corrected chi connectivity index (χ2v) is 8.95. The second kappa shape index (κ2) is 12.6. The van der Waals surface area contributed by atoms with Gasteiger partial charge in [-0.25, -0.2) is 9.78 Å². The highest BCUT2D eigenvalue weighted by Crippen LogP contribution is 2.31. The van der Waals surface area contributed by atoms with Crippen molar-refractivity contribution in [2.45, 2.75) is 33.4 Å². The van der Waals surface area contributed by atoms with Gasteiger partial charge in [-0.05, 0) is 68.1 Å². The molecule has 0 fully saturated rings. The van der Waals surface area contributed by atoms with Crippen molar-refractivity contribution in [1.29, 1.82) is 0 Å². The number of carboxylic acid groups (broad SMARTS) is 1. The van der Waals surface area contributed by atoms with Crippen LogP contribution in [0.2, 0.25) is 0 Å². The Morgan fingerprint density at radius 2 is 1.71 bits per heavy atom. The van der Waals surface area contributed by atoms with Crippen molar-refractivity contribution in [1.82, 2.24) is 10.3 Å². The van der Waals surface area contributed by atoms with Crippen LogP contribution in [0.4, 0.5) is 13.2 Å². The van der Waals surface area contributed by atoms with Crippen LogP contribution in [0.3, 0.4) is 0 Å². The molecule has 190 valence electrons. The van der Waals surface area contributed by atoms with E-state index in [1.165, 1.54) is 31.1 Å². The topological polar surface area (TPSA) is 80.7 Å². The molecule has 1 heterocycles. The van der Waals surface area contributed by atoms with E-state index in [9.17, 15) is 18.0 Å². The summed E-state index contributed by atoms with van der Waals surface area (Å²) in [7, 11) is 3.05. The summed E-state index contributed by atoms with van der Waals surface area (Å²) in [6.07, 6.45) is -3.67. The van der Waals surface area contributed by atoms with Gasteiger partial charge in [0.25, 0.3) is 0 Å². The van der Waals surface area contributed by atoms with Crippen molar-refractivity contribution < 1.29 is 32.5 Å². The number of carboxylic acids is 1. The van der Waals surface area contributed by atoms with Crippen molar-refractivity contribution in [3.05, 3.63) is 63.8 Å². The molecule has 6 nitrogen and oxygen atoms in total. The van der Waals surface area contributed by atoms with Gasteiger partial charge in [0.2, 0.25) is 0 Å². The average Bonchev–Trinajstić information content (AvgIpc) is 3.20. The molecule has 1 aromatic heterocycles. The van der Waals surface area contributed by atoms with E-state index in [4.69, 9.17) is 14.6 Å². The van der Waals surface area contributed by atoms with Gasteiger partial charge < -0.3 is 19.9 Å². The van der Waals surface area contributed by atoms with Gasteiger partial charge in [0.15, 0.2) is 17.2 Å². The SMILES string of the molecule is COc1ccc(CCNCC(F)(F)F)cc1OC.Cc1nc(C(=O)O)c(-c2ccc(C)c(C)c2)s1. The lowest BCUT2D eigenvalue weighted by Gasteiger charge is -2.10. The van der Waals surface area contributed by atoms with Crippen molar-refractivity contribution >= 4 is 17.3 Å². The van der Waals surface area contributed by atoms with Gasteiger partial charge in [0, 0.05) is 0 Å². The molecule has 0 aliphatic rings. The fourth-order valence-electron chi connectivity index (χ4n) is 3.15. The number of aromatic carboxylic acids is 1. The summed E-state index contributed by atoms with van der Waals surface area (Å²) in [5.74, 6) is 0.206. The van der Waals surface area contributed by atoms with E-state index in [1.807, 2.05) is 39.0 Å². The first kappa shape index (κ1) is 28.1. The van der Waals surface area contributed by atoms with E-state index >= 15 is 0 Å². The number of aryl methyl sites for hydroxylation is 3. The largest absolute Gasteiger partial charge is 0.493 e. The summed E-state index contributed by atoms with van der Waals surface area (Å²) >= 11 is 1.42. The molecule has 0 unspecified atom stereocenters. The molecule has 0 saturated carbocycles. The summed E-state index contributed by atoms with van der Waals surface area (Å²) in [5.41, 5.74) is 4.32. The van der Waals surface area contributed by atoms with E-state index in [2.05, 4.69) is 10.3 Å². The lowest BCUT2D eigenvalue weighted by Crippen LogP contribution is -2.30. The van der Waals surface area contributed by atoms with E-state index < -0.39 is 18.7 Å². The smallest absolute Gasteiger partial charge is 0.401 e. The normalized spacial score (nSPS) is 11.0. The highest BCUT2D eigenvalue weighted by atomic mass is 32.1. The third-order valence-corrected chi connectivity index (χ3v) is 6.09. The molecule has 0 saturated heterocycles. The molecule has 2 aromatic carbocycles. The minimum absolute atomic E-state index is 0.149. The molecule has 0 aliphatic carbocycles. The number of alkyl halides is 3. The summed E-state index contributed by atoms with van der Waals surface area (Å²) in [6, 6.07) is 11.3. The van der Waals surface area contributed by atoms with Gasteiger partial charge in [0.05, 0.1) is 30.6 Å². The Hall–Kier alpha value is -3.11. The number of methoxy groups -OCH3 is 2. The third kappa shape index (κ3) is 8.56. The average molecular weight is 511 g/mol. The van der Waals surface area contributed by atoms with Crippen LogP contribution in [0, 0.1) is 20.8 Å². The Labute approximate surface area is 206 Å². The van der Waals surface area contributed by atoms with Crippen molar-refractivity contribution in [2.24, 2.45) is 0 Å². The highest BCUT2D eigenvalue weighted by molar-refractivity contribution is 7.15. The second-order valence-electron chi connectivity index (χ2n) is 7.75. The van der Waals surface area contributed by atoms with Gasteiger partial charge in [-0.15, -0.1) is 11.3 Å². The van der Waals surface area contributed by atoms with Crippen LogP contribution in [0.25, 0.3) is 10.4 Å². The van der Waals surface area contributed by atoms with Gasteiger partial charge >= 0.3 is 12.1 Å². The summed E-state index contributed by atoms with van der Waals surface area (Å²) in [6.45, 7) is 5.17. The Kier molecular flexibility index (Phi) is 10.1. The molecule has 2 N–H and O–H groups in total. The van der Waals surface area contributed by atoms with E-state index in [0.717, 1.165) is 26.6 Å².